The van der Waals surface area contributed by atoms with Crippen molar-refractivity contribution in [2.45, 2.75) is 0 Å². The molecule has 0 atom stereocenters. The van der Waals surface area contributed by atoms with Crippen molar-refractivity contribution in [1.82, 2.24) is 0 Å². The van der Waals surface area contributed by atoms with Gasteiger partial charge >= 0.3 is 0 Å². The lowest BCUT2D eigenvalue weighted by atomic mass is 10.5. The fourth-order valence-corrected chi connectivity index (χ4v) is 1.16. The minimum atomic E-state index is 0.869. The Kier molecular flexibility index (Phi) is 6.19. The van der Waals surface area contributed by atoms with E-state index in [9.17, 15) is 0 Å². The summed E-state index contributed by atoms with van der Waals surface area (Å²) in [5, 5.41) is 4.48. The number of nitrogens with two attached hydrogens (primary N) is 2. The second-order valence-electron chi connectivity index (χ2n) is 2.96. The van der Waals surface area contributed by atoms with Crippen LogP contribution in [0.15, 0.2) is 0 Å². The van der Waals surface area contributed by atoms with Crippen LogP contribution in [0.5, 0.6) is 0 Å². The molecule has 0 unspecified atom stereocenters. The summed E-state index contributed by atoms with van der Waals surface area (Å²) in [6, 6.07) is 0. The minimum Gasteiger partial charge on any atom is -0.370 e. The molecule has 0 aliphatic carbocycles. The molecule has 72 valence electrons. The third-order valence-corrected chi connectivity index (χ3v) is 1.87. The van der Waals surface area contributed by atoms with E-state index in [-0.39, 0.29) is 0 Å². The van der Waals surface area contributed by atoms with Gasteiger partial charge in [-0.3, -0.25) is 0 Å². The fourth-order valence-electron chi connectivity index (χ4n) is 1.16. The summed E-state index contributed by atoms with van der Waals surface area (Å²) in [7, 11) is 0. The van der Waals surface area contributed by atoms with Gasteiger partial charge in [0.05, 0.1) is 52.6 Å². The molecule has 0 aromatic heterocycles. The predicted octanol–water partition coefficient (Wildman–Crippen LogP) is -2.84. The minimum absolute atomic E-state index is 0.869. The van der Waals surface area contributed by atoms with Gasteiger partial charge in [-0.1, -0.05) is 0 Å². The van der Waals surface area contributed by atoms with E-state index in [0.717, 1.165) is 52.6 Å². The van der Waals surface area contributed by atoms with Gasteiger partial charge in [0.25, 0.3) is 0 Å². The Morgan fingerprint density at radius 2 is 0.917 bits per heavy atom. The summed E-state index contributed by atoms with van der Waals surface area (Å²) in [5.41, 5.74) is 0. The zero-order valence-corrected chi connectivity index (χ0v) is 7.63. The van der Waals surface area contributed by atoms with Crippen LogP contribution in [0.2, 0.25) is 0 Å². The number of hydrogen-bond donors (Lipinski definition) is 2. The van der Waals surface area contributed by atoms with Crippen LogP contribution in [-0.2, 0) is 9.47 Å². The Morgan fingerprint density at radius 3 is 1.25 bits per heavy atom. The zero-order valence-electron chi connectivity index (χ0n) is 7.63. The highest BCUT2D eigenvalue weighted by molar-refractivity contribution is 4.31. The Labute approximate surface area is 73.6 Å². The first-order chi connectivity index (χ1) is 6.00. The van der Waals surface area contributed by atoms with Crippen LogP contribution in [0.3, 0.4) is 0 Å². The Morgan fingerprint density at radius 1 is 0.583 bits per heavy atom. The van der Waals surface area contributed by atoms with Gasteiger partial charge in [-0.05, 0) is 0 Å². The number of hydrogen-bond acceptors (Lipinski definition) is 2. The summed E-state index contributed by atoms with van der Waals surface area (Å²) in [5.74, 6) is 0. The third kappa shape index (κ3) is 5.49. The molecule has 0 spiro atoms. The SMILES string of the molecule is C1COCC[NH2+]CCOCC[NH2+]1. The fraction of sp³-hybridized carbons (Fsp3) is 1.00. The van der Waals surface area contributed by atoms with E-state index in [2.05, 4.69) is 10.6 Å². The smallest absolute Gasteiger partial charge is 0.0993 e. The monoisotopic (exact) mass is 176 g/mol. The third-order valence-electron chi connectivity index (χ3n) is 1.87. The zero-order chi connectivity index (χ0) is 8.49. The topological polar surface area (TPSA) is 51.7 Å². The van der Waals surface area contributed by atoms with E-state index in [1.54, 1.807) is 0 Å². The number of ether oxygens (including phenoxy) is 2. The van der Waals surface area contributed by atoms with Crippen molar-refractivity contribution in [2.24, 2.45) is 0 Å². The number of rotatable bonds is 0. The van der Waals surface area contributed by atoms with Crippen molar-refractivity contribution in [3.63, 3.8) is 0 Å². The molecule has 1 aliphatic rings. The molecule has 1 saturated heterocycles. The van der Waals surface area contributed by atoms with Gasteiger partial charge in [-0.25, -0.2) is 0 Å². The molecule has 12 heavy (non-hydrogen) atoms. The quantitative estimate of drug-likeness (QED) is 0.418. The van der Waals surface area contributed by atoms with Crippen LogP contribution in [0.1, 0.15) is 0 Å². The highest BCUT2D eigenvalue weighted by Gasteiger charge is 1.97. The molecule has 0 saturated carbocycles. The van der Waals surface area contributed by atoms with E-state index in [4.69, 9.17) is 9.47 Å². The van der Waals surface area contributed by atoms with Crippen LogP contribution in [0.25, 0.3) is 0 Å². The average Bonchev–Trinajstić information content (AvgIpc) is 2.05. The Hall–Kier alpha value is -0.160. The molecular weight excluding hydrogens is 156 g/mol. The molecule has 1 rings (SSSR count). The van der Waals surface area contributed by atoms with Gasteiger partial charge in [0.2, 0.25) is 0 Å². The summed E-state index contributed by atoms with van der Waals surface area (Å²) in [4.78, 5) is 0. The highest BCUT2D eigenvalue weighted by atomic mass is 16.5. The Balaban J connectivity index is 2.00. The Bertz CT molecular complexity index is 58.0. The van der Waals surface area contributed by atoms with Gasteiger partial charge in [0.1, 0.15) is 0 Å². The molecule has 0 aromatic carbocycles. The van der Waals surface area contributed by atoms with E-state index in [1.807, 2.05) is 0 Å². The maximum absolute atomic E-state index is 5.40. The van der Waals surface area contributed by atoms with Crippen LogP contribution < -0.4 is 10.6 Å². The molecule has 1 heterocycles. The van der Waals surface area contributed by atoms with Crippen LogP contribution in [-0.4, -0.2) is 52.6 Å². The lowest BCUT2D eigenvalue weighted by Gasteiger charge is -2.07. The van der Waals surface area contributed by atoms with Crippen molar-refractivity contribution >= 4 is 0 Å². The standard InChI is InChI=1S/C8H18N2O2/c1-5-11-7-3-10-4-8-12-6-2-9-1/h9-10H,1-8H2/p+2. The van der Waals surface area contributed by atoms with Gasteiger partial charge in [-0.15, -0.1) is 0 Å². The van der Waals surface area contributed by atoms with Crippen molar-refractivity contribution in [1.29, 1.82) is 0 Å². The second-order valence-corrected chi connectivity index (χ2v) is 2.96. The van der Waals surface area contributed by atoms with Gasteiger partial charge < -0.3 is 20.1 Å². The second kappa shape index (κ2) is 7.49. The largest absolute Gasteiger partial charge is 0.370 e. The first-order valence-corrected chi connectivity index (χ1v) is 4.79. The molecule has 0 amide bonds. The highest BCUT2D eigenvalue weighted by Crippen LogP contribution is 1.69. The molecule has 4 heteroatoms. The van der Waals surface area contributed by atoms with Crippen molar-refractivity contribution in [2.75, 3.05) is 52.6 Å². The molecule has 1 aliphatic heterocycles. The van der Waals surface area contributed by atoms with Crippen LogP contribution in [0, 0.1) is 0 Å². The summed E-state index contributed by atoms with van der Waals surface area (Å²) in [6.07, 6.45) is 0. The van der Waals surface area contributed by atoms with E-state index in [1.165, 1.54) is 0 Å². The molecular formula is C8H20N2O2+2. The molecule has 4 N–H and O–H groups in total. The van der Waals surface area contributed by atoms with E-state index in [0.29, 0.717) is 0 Å². The van der Waals surface area contributed by atoms with E-state index >= 15 is 0 Å². The predicted molar refractivity (Wildman–Crippen MR) is 45.0 cm³/mol. The normalized spacial score (nSPS) is 24.0. The van der Waals surface area contributed by atoms with Crippen molar-refractivity contribution in [3.05, 3.63) is 0 Å². The molecule has 1 fully saturated rings. The van der Waals surface area contributed by atoms with Gasteiger partial charge in [0.15, 0.2) is 0 Å². The van der Waals surface area contributed by atoms with Gasteiger partial charge in [0, 0.05) is 0 Å². The van der Waals surface area contributed by atoms with Crippen molar-refractivity contribution in [3.8, 4) is 0 Å². The first-order valence-electron chi connectivity index (χ1n) is 4.79. The first kappa shape index (κ1) is 9.92. The van der Waals surface area contributed by atoms with Crippen LogP contribution >= 0.6 is 0 Å². The van der Waals surface area contributed by atoms with E-state index < -0.39 is 0 Å². The summed E-state index contributed by atoms with van der Waals surface area (Å²) < 4.78 is 10.8. The van der Waals surface area contributed by atoms with Crippen LogP contribution in [0.4, 0.5) is 0 Å². The molecule has 4 nitrogen and oxygen atoms in total. The summed E-state index contributed by atoms with van der Waals surface area (Å²) >= 11 is 0. The lowest BCUT2D eigenvalue weighted by molar-refractivity contribution is -0.669. The van der Waals surface area contributed by atoms with Crippen molar-refractivity contribution < 1.29 is 20.1 Å². The average molecular weight is 176 g/mol. The molecule has 0 aromatic rings. The number of quaternary nitrogens is 2. The summed E-state index contributed by atoms with van der Waals surface area (Å²) in [6.45, 7) is 7.71. The molecule has 0 bridgehead atoms. The maximum atomic E-state index is 5.40. The maximum Gasteiger partial charge on any atom is 0.0993 e. The van der Waals surface area contributed by atoms with Gasteiger partial charge in [-0.2, -0.15) is 0 Å². The molecule has 0 radical (unpaired) electrons. The lowest BCUT2D eigenvalue weighted by Crippen LogP contribution is -2.87.